The molecule has 3 aromatic carbocycles. The van der Waals surface area contributed by atoms with Crippen LogP contribution in [0.15, 0.2) is 48.4 Å². The summed E-state index contributed by atoms with van der Waals surface area (Å²) in [6, 6.07) is 7.43. The Labute approximate surface area is 134 Å². The van der Waals surface area contributed by atoms with E-state index in [-0.39, 0.29) is 29.6 Å². The molecule has 4 aromatic rings. The topological polar surface area (TPSA) is 12.9 Å². The van der Waals surface area contributed by atoms with Gasteiger partial charge in [0.1, 0.15) is 0 Å². The molecular weight excluding hydrogens is 274 g/mol. The Balaban J connectivity index is 2.30. The van der Waals surface area contributed by atoms with E-state index < -0.39 is 0 Å². The van der Waals surface area contributed by atoms with E-state index in [0.29, 0.717) is 10.8 Å². The van der Waals surface area contributed by atoms with Gasteiger partial charge in [-0.3, -0.25) is 0 Å². The zero-order chi connectivity index (χ0) is 18.1. The number of nitrogens with zero attached hydrogens (tertiary/aromatic N) is 1. The number of hydrogen-bond acceptors (Lipinski definition) is 2. The van der Waals surface area contributed by atoms with Crippen LogP contribution in [0.4, 0.5) is 0 Å². The van der Waals surface area contributed by atoms with Crippen molar-refractivity contribution in [2.75, 3.05) is 0 Å². The first-order valence-electron chi connectivity index (χ1n) is 8.93. The van der Waals surface area contributed by atoms with Crippen LogP contribution in [0.5, 0.6) is 0 Å². The van der Waals surface area contributed by atoms with E-state index in [9.17, 15) is 0 Å². The first kappa shape index (κ1) is 9.16. The fourth-order valence-electron chi connectivity index (χ4n) is 2.77. The van der Waals surface area contributed by atoms with Crippen LogP contribution < -0.4 is 0 Å². The Kier molecular flexibility index (Phi) is 1.87. The number of rotatable bonds is 0. The predicted molar refractivity (Wildman–Crippen MR) is 93.3 cm³/mol. The fourth-order valence-corrected chi connectivity index (χ4v) is 3.90. The van der Waals surface area contributed by atoms with Crippen molar-refractivity contribution in [1.82, 2.24) is 4.37 Å². The lowest BCUT2D eigenvalue weighted by Crippen LogP contribution is -2.11. The third-order valence-corrected chi connectivity index (χ3v) is 4.66. The van der Waals surface area contributed by atoms with Crippen molar-refractivity contribution in [1.29, 1.82) is 0 Å². The number of aromatic nitrogens is 1. The molecule has 0 N–H and O–H groups in total. The van der Waals surface area contributed by atoms with E-state index in [1.54, 1.807) is 6.07 Å². The lowest BCUT2D eigenvalue weighted by Gasteiger charge is -2.15. The summed E-state index contributed by atoms with van der Waals surface area (Å²) in [5.74, 6) is 0. The van der Waals surface area contributed by atoms with Gasteiger partial charge in [0.2, 0.25) is 0 Å². The van der Waals surface area contributed by atoms with Gasteiger partial charge in [0.15, 0.2) is 0 Å². The van der Waals surface area contributed by atoms with Gasteiger partial charge in [0.05, 0.1) is 15.9 Å². The quantitative estimate of drug-likeness (QED) is 0.368. The van der Waals surface area contributed by atoms with Gasteiger partial charge in [-0.25, -0.2) is 0 Å². The Morgan fingerprint density at radius 2 is 1.67 bits per heavy atom. The summed E-state index contributed by atoms with van der Waals surface area (Å²) in [6.45, 7) is 6.38. The minimum absolute atomic E-state index is 0.00969. The molecule has 0 aliphatic carbocycles. The van der Waals surface area contributed by atoms with Crippen molar-refractivity contribution in [2.24, 2.45) is 0 Å². The number of fused-ring (bicyclic) bond motifs is 5. The highest BCUT2D eigenvalue weighted by Crippen LogP contribution is 2.38. The van der Waals surface area contributed by atoms with Crippen LogP contribution in [0.2, 0.25) is 0 Å². The van der Waals surface area contributed by atoms with Gasteiger partial charge in [0, 0.05) is 16.2 Å². The first-order chi connectivity index (χ1) is 11.7. The Morgan fingerprint density at radius 3 is 2.48 bits per heavy atom. The fraction of sp³-hybridized carbons (Fsp3) is 0.211. The molecule has 4 rings (SSSR count). The van der Waals surface area contributed by atoms with Gasteiger partial charge in [0.25, 0.3) is 0 Å². The highest BCUT2D eigenvalue weighted by atomic mass is 32.1. The molecule has 2 heteroatoms. The van der Waals surface area contributed by atoms with Crippen molar-refractivity contribution >= 4 is 43.2 Å². The maximum absolute atomic E-state index is 8.41. The average molecular weight is 295 g/mol. The minimum atomic E-state index is -0.192. The standard InChI is InChI=1S/C19H17NS/c1-19(2,3)18-15-11-10-13-9-8-12-6-4-5-7-14(12)16(13)17(15)21-20-18/h4-11H,1-3H3/i4D,5D,6D,7D. The van der Waals surface area contributed by atoms with Crippen molar-refractivity contribution in [2.45, 2.75) is 26.2 Å². The lowest BCUT2D eigenvalue weighted by atomic mass is 9.89. The molecule has 104 valence electrons. The van der Waals surface area contributed by atoms with Crippen molar-refractivity contribution < 1.29 is 5.48 Å². The molecule has 1 nitrogen and oxygen atoms in total. The highest BCUT2D eigenvalue weighted by molar-refractivity contribution is 7.14. The lowest BCUT2D eigenvalue weighted by molar-refractivity contribution is 0.581. The summed E-state index contributed by atoms with van der Waals surface area (Å²) in [6.07, 6.45) is 0. The molecule has 21 heavy (non-hydrogen) atoms. The van der Waals surface area contributed by atoms with Crippen molar-refractivity contribution in [3.63, 3.8) is 0 Å². The summed E-state index contributed by atoms with van der Waals surface area (Å²) >= 11 is 1.41. The van der Waals surface area contributed by atoms with Crippen LogP contribution in [0.3, 0.4) is 0 Å². The van der Waals surface area contributed by atoms with E-state index in [1.807, 2.05) is 12.1 Å². The molecule has 0 aliphatic heterocycles. The molecule has 0 saturated carbocycles. The molecule has 0 unspecified atom stereocenters. The molecule has 0 fully saturated rings. The van der Waals surface area contributed by atoms with Crippen molar-refractivity contribution in [3.8, 4) is 0 Å². The molecule has 0 spiro atoms. The molecule has 1 heterocycles. The minimum Gasteiger partial charge on any atom is -0.196 e. The van der Waals surface area contributed by atoms with Crippen molar-refractivity contribution in [3.05, 3.63) is 54.1 Å². The summed E-state index contributed by atoms with van der Waals surface area (Å²) in [5.41, 5.74) is 0.933. The van der Waals surface area contributed by atoms with Crippen LogP contribution >= 0.6 is 11.5 Å². The SMILES string of the molecule is [2H]c1c([2H])c([2H])c2c(ccc3ccc4c(C(C)(C)C)nsc4c32)c1[2H]. The molecule has 0 saturated heterocycles. The second-order valence-corrected chi connectivity index (χ2v) is 7.08. The van der Waals surface area contributed by atoms with Crippen LogP contribution in [-0.2, 0) is 5.41 Å². The van der Waals surface area contributed by atoms with Crippen LogP contribution in [0, 0.1) is 0 Å². The summed E-state index contributed by atoms with van der Waals surface area (Å²) in [7, 11) is 0. The molecule has 0 amide bonds. The van der Waals surface area contributed by atoms with E-state index in [0.717, 1.165) is 26.6 Å². The zero-order valence-electron chi connectivity index (χ0n) is 16.2. The molecular formula is C19H17NS. The van der Waals surface area contributed by atoms with Gasteiger partial charge in [-0.15, -0.1) is 0 Å². The Morgan fingerprint density at radius 1 is 0.952 bits per heavy atom. The smallest absolute Gasteiger partial charge is 0.0674 e. The Bertz CT molecular complexity index is 1170. The predicted octanol–water partition coefficient (Wildman–Crippen LogP) is 5.90. The molecule has 0 atom stereocenters. The van der Waals surface area contributed by atoms with Gasteiger partial charge >= 0.3 is 0 Å². The third kappa shape index (κ3) is 1.86. The van der Waals surface area contributed by atoms with Crippen LogP contribution in [-0.4, -0.2) is 4.37 Å². The maximum Gasteiger partial charge on any atom is 0.0674 e. The largest absolute Gasteiger partial charge is 0.196 e. The van der Waals surface area contributed by atoms with Gasteiger partial charge in [-0.1, -0.05) is 69.2 Å². The summed E-state index contributed by atoms with van der Waals surface area (Å²) in [4.78, 5) is 0. The van der Waals surface area contributed by atoms with Gasteiger partial charge in [-0.05, 0) is 27.7 Å². The van der Waals surface area contributed by atoms with Crippen LogP contribution in [0.25, 0.3) is 31.6 Å². The van der Waals surface area contributed by atoms with E-state index in [4.69, 9.17) is 5.48 Å². The molecule has 0 radical (unpaired) electrons. The summed E-state index contributed by atoms with van der Waals surface area (Å²) in [5, 5.41) is 4.03. The van der Waals surface area contributed by atoms with Gasteiger partial charge in [-0.2, -0.15) is 4.37 Å². The number of benzene rings is 3. The van der Waals surface area contributed by atoms with Crippen LogP contribution in [0.1, 0.15) is 31.9 Å². The molecule has 0 aliphatic rings. The van der Waals surface area contributed by atoms with Gasteiger partial charge < -0.3 is 0 Å². The highest BCUT2D eigenvalue weighted by Gasteiger charge is 2.21. The maximum atomic E-state index is 8.41. The molecule has 1 aromatic heterocycles. The normalized spacial score (nSPS) is 15.2. The Hall–Kier alpha value is -1.93. The second kappa shape index (κ2) is 4.28. The summed E-state index contributed by atoms with van der Waals surface area (Å²) < 4.78 is 38.2. The van der Waals surface area contributed by atoms with E-state index >= 15 is 0 Å². The second-order valence-electron chi connectivity index (χ2n) is 6.31. The number of hydrogen-bond donors (Lipinski definition) is 0. The monoisotopic (exact) mass is 295 g/mol. The zero-order valence-corrected chi connectivity index (χ0v) is 13.0. The molecule has 0 bridgehead atoms. The average Bonchev–Trinajstić information content (AvgIpc) is 3.01. The van der Waals surface area contributed by atoms with E-state index in [1.165, 1.54) is 11.5 Å². The van der Waals surface area contributed by atoms with E-state index in [2.05, 4.69) is 31.2 Å². The third-order valence-electron chi connectivity index (χ3n) is 3.78. The first-order valence-corrected chi connectivity index (χ1v) is 7.71.